The van der Waals surface area contributed by atoms with Crippen molar-refractivity contribution in [1.82, 2.24) is 4.57 Å². The lowest BCUT2D eigenvalue weighted by Gasteiger charge is -2.25. The van der Waals surface area contributed by atoms with Crippen LogP contribution in [0.15, 0.2) is 87.8 Å². The number of nitro groups is 1. The van der Waals surface area contributed by atoms with Crippen molar-refractivity contribution >= 4 is 52.3 Å². The largest absolute Gasteiger partial charge is 0.486 e. The first-order valence-corrected chi connectivity index (χ1v) is 14.3. The Labute approximate surface area is 253 Å². The molecule has 1 atom stereocenters. The Morgan fingerprint density at radius 2 is 1.79 bits per heavy atom. The number of benzene rings is 3. The number of nitrogens with zero attached hydrogens (tertiary/aromatic N) is 3. The van der Waals surface area contributed by atoms with E-state index < -0.39 is 16.9 Å². The molecule has 0 unspecified atom stereocenters. The van der Waals surface area contributed by atoms with Gasteiger partial charge >= 0.3 is 5.97 Å². The van der Waals surface area contributed by atoms with Crippen molar-refractivity contribution in [3.8, 4) is 5.75 Å². The van der Waals surface area contributed by atoms with E-state index in [0.29, 0.717) is 38.2 Å². The van der Waals surface area contributed by atoms with E-state index in [1.54, 1.807) is 30.3 Å². The maximum atomic E-state index is 13.8. The zero-order chi connectivity index (χ0) is 30.0. The van der Waals surface area contributed by atoms with Crippen LogP contribution < -0.4 is 19.6 Å². The van der Waals surface area contributed by atoms with Crippen molar-refractivity contribution in [2.45, 2.75) is 26.0 Å². The van der Waals surface area contributed by atoms with Crippen molar-refractivity contribution < 1.29 is 19.2 Å². The summed E-state index contributed by atoms with van der Waals surface area (Å²) in [6.45, 7) is 1.99. The monoisotopic (exact) mass is 623 g/mol. The Morgan fingerprint density at radius 1 is 1.12 bits per heavy atom. The molecule has 1 aliphatic rings. The van der Waals surface area contributed by atoms with Gasteiger partial charge in [-0.15, -0.1) is 0 Å². The van der Waals surface area contributed by atoms with Crippen LogP contribution in [0.4, 0.5) is 5.69 Å². The van der Waals surface area contributed by atoms with Gasteiger partial charge in [-0.2, -0.15) is 0 Å². The van der Waals surface area contributed by atoms with E-state index in [9.17, 15) is 19.7 Å². The van der Waals surface area contributed by atoms with Gasteiger partial charge in [0.05, 0.1) is 43.9 Å². The summed E-state index contributed by atoms with van der Waals surface area (Å²) in [6, 6.07) is 17.8. The molecular weight excluding hydrogens is 601 g/mol. The number of carbonyl (C=O) groups excluding carboxylic acids is 1. The smallest absolute Gasteiger partial charge is 0.338 e. The number of esters is 1. The minimum absolute atomic E-state index is 0.0213. The standard InChI is InChI=1S/C30H23Cl2N3O6S/c1-3-23-25(29(37)40-2)26(19-7-5-4-6-8-19)34-28(36)24(42-30(34)33-23)15-18-13-21(31)27(22(32)14-18)41-16-17-9-11-20(12-10-17)35(38)39/h4-15,26H,3,16H2,1-2H3/b24-15-/t26-/m1/s1. The van der Waals surface area contributed by atoms with Gasteiger partial charge in [0.25, 0.3) is 11.2 Å². The highest BCUT2D eigenvalue weighted by atomic mass is 35.5. The molecule has 42 heavy (non-hydrogen) atoms. The number of rotatable bonds is 8. The molecule has 0 fully saturated rings. The summed E-state index contributed by atoms with van der Waals surface area (Å²) in [5, 5.41) is 11.3. The number of allylic oxidation sites excluding steroid dienone is 1. The Hall–Kier alpha value is -4.25. The highest BCUT2D eigenvalue weighted by molar-refractivity contribution is 7.07. The zero-order valence-corrected chi connectivity index (χ0v) is 24.7. The van der Waals surface area contributed by atoms with Gasteiger partial charge in [-0.25, -0.2) is 9.79 Å². The average molecular weight is 625 g/mol. The van der Waals surface area contributed by atoms with Gasteiger partial charge in [0.15, 0.2) is 10.6 Å². The molecule has 3 aromatic carbocycles. The number of hydrogen-bond donors (Lipinski definition) is 0. The van der Waals surface area contributed by atoms with Crippen LogP contribution >= 0.6 is 34.5 Å². The lowest BCUT2D eigenvalue weighted by atomic mass is 9.95. The van der Waals surface area contributed by atoms with Crippen LogP contribution in [-0.2, 0) is 16.1 Å². The van der Waals surface area contributed by atoms with Gasteiger partial charge in [0.2, 0.25) is 0 Å². The van der Waals surface area contributed by atoms with Crippen molar-refractivity contribution in [3.05, 3.63) is 135 Å². The Bertz CT molecular complexity index is 1880. The third kappa shape index (κ3) is 5.74. The van der Waals surface area contributed by atoms with E-state index in [2.05, 4.69) is 4.99 Å². The molecule has 5 rings (SSSR count). The summed E-state index contributed by atoms with van der Waals surface area (Å²) in [4.78, 5) is 42.2. The molecule has 214 valence electrons. The fraction of sp³-hybridized carbons (Fsp3) is 0.167. The van der Waals surface area contributed by atoms with Crippen molar-refractivity contribution in [1.29, 1.82) is 0 Å². The topological polar surface area (TPSA) is 113 Å². The predicted molar refractivity (Wildman–Crippen MR) is 161 cm³/mol. The summed E-state index contributed by atoms with van der Waals surface area (Å²) < 4.78 is 12.8. The van der Waals surface area contributed by atoms with E-state index in [-0.39, 0.29) is 33.6 Å². The second-order valence-electron chi connectivity index (χ2n) is 9.22. The third-order valence-corrected chi connectivity index (χ3v) is 8.16. The Morgan fingerprint density at radius 3 is 2.38 bits per heavy atom. The van der Waals surface area contributed by atoms with Gasteiger partial charge in [-0.05, 0) is 53.5 Å². The summed E-state index contributed by atoms with van der Waals surface area (Å²) in [5.74, 6) is -0.295. The molecule has 0 amide bonds. The molecule has 0 N–H and O–H groups in total. The van der Waals surface area contributed by atoms with E-state index >= 15 is 0 Å². The number of hydrogen-bond acceptors (Lipinski definition) is 8. The Kier molecular flexibility index (Phi) is 8.58. The second-order valence-corrected chi connectivity index (χ2v) is 11.0. The number of aromatic nitrogens is 1. The van der Waals surface area contributed by atoms with Crippen LogP contribution in [0.5, 0.6) is 5.75 Å². The first-order chi connectivity index (χ1) is 20.2. The highest BCUT2D eigenvalue weighted by Gasteiger charge is 2.33. The number of carbonyl (C=O) groups is 1. The van der Waals surface area contributed by atoms with Crippen molar-refractivity contribution in [2.75, 3.05) is 7.11 Å². The van der Waals surface area contributed by atoms with Crippen LogP contribution in [-0.4, -0.2) is 22.6 Å². The molecule has 0 radical (unpaired) electrons. The number of ether oxygens (including phenoxy) is 2. The minimum atomic E-state index is -0.700. The van der Waals surface area contributed by atoms with Gasteiger partial charge < -0.3 is 9.47 Å². The van der Waals surface area contributed by atoms with Crippen LogP contribution in [0.1, 0.15) is 36.1 Å². The molecule has 1 aromatic heterocycles. The van der Waals surface area contributed by atoms with E-state index in [1.807, 2.05) is 37.3 Å². The molecular formula is C30H23Cl2N3O6S. The molecule has 1 aliphatic heterocycles. The van der Waals surface area contributed by atoms with Crippen LogP contribution in [0.2, 0.25) is 10.0 Å². The van der Waals surface area contributed by atoms with Gasteiger partial charge in [0, 0.05) is 12.1 Å². The number of non-ortho nitro benzene ring substituents is 1. The van der Waals surface area contributed by atoms with Gasteiger partial charge in [0.1, 0.15) is 6.61 Å². The molecule has 0 spiro atoms. The first kappa shape index (κ1) is 29.2. The van der Waals surface area contributed by atoms with Crippen molar-refractivity contribution in [2.24, 2.45) is 4.99 Å². The second kappa shape index (κ2) is 12.3. The van der Waals surface area contributed by atoms with Crippen molar-refractivity contribution in [3.63, 3.8) is 0 Å². The maximum Gasteiger partial charge on any atom is 0.338 e. The number of methoxy groups -OCH3 is 1. The molecule has 4 aromatic rings. The summed E-state index contributed by atoms with van der Waals surface area (Å²) in [6.07, 6.45) is 2.14. The SMILES string of the molecule is CCC1=C(C(=O)OC)[C@@H](c2ccccc2)n2c(s/c(=C\c3cc(Cl)c(OCc4ccc([N+](=O)[O-])cc4)c(Cl)c3)c2=O)=N1. The lowest BCUT2D eigenvalue weighted by Crippen LogP contribution is -2.40. The number of nitro benzene ring substituents is 1. The molecule has 0 saturated heterocycles. The van der Waals surface area contributed by atoms with Gasteiger partial charge in [-0.1, -0.05) is 71.8 Å². The highest BCUT2D eigenvalue weighted by Crippen LogP contribution is 2.35. The molecule has 0 saturated carbocycles. The number of thiazole rings is 1. The summed E-state index contributed by atoms with van der Waals surface area (Å²) in [7, 11) is 1.31. The molecule has 2 heterocycles. The normalized spacial score (nSPS) is 14.8. The van der Waals surface area contributed by atoms with E-state index in [1.165, 1.54) is 35.1 Å². The maximum absolute atomic E-state index is 13.8. The van der Waals surface area contributed by atoms with E-state index in [0.717, 1.165) is 5.56 Å². The predicted octanol–water partition coefficient (Wildman–Crippen LogP) is 5.59. The third-order valence-electron chi connectivity index (χ3n) is 6.61. The summed E-state index contributed by atoms with van der Waals surface area (Å²) >= 11 is 14.2. The Balaban J connectivity index is 1.52. The van der Waals surface area contributed by atoms with Crippen LogP contribution in [0, 0.1) is 10.1 Å². The summed E-state index contributed by atoms with van der Waals surface area (Å²) in [5.41, 5.74) is 2.56. The molecule has 9 nitrogen and oxygen atoms in total. The fourth-order valence-corrected chi connectivity index (χ4v) is 6.27. The molecule has 0 bridgehead atoms. The number of halogens is 2. The first-order valence-electron chi connectivity index (χ1n) is 12.7. The van der Waals surface area contributed by atoms with Crippen LogP contribution in [0.25, 0.3) is 6.08 Å². The fourth-order valence-electron chi connectivity index (χ4n) is 4.64. The van der Waals surface area contributed by atoms with Crippen LogP contribution in [0.3, 0.4) is 0 Å². The van der Waals surface area contributed by atoms with E-state index in [4.69, 9.17) is 32.7 Å². The quantitative estimate of drug-likeness (QED) is 0.144. The minimum Gasteiger partial charge on any atom is -0.486 e. The molecule has 12 heteroatoms. The lowest BCUT2D eigenvalue weighted by molar-refractivity contribution is -0.384. The number of fused-ring (bicyclic) bond motifs is 1. The average Bonchev–Trinajstić information content (AvgIpc) is 3.30. The zero-order valence-electron chi connectivity index (χ0n) is 22.4. The van der Waals surface area contributed by atoms with Gasteiger partial charge in [-0.3, -0.25) is 19.5 Å². The molecule has 0 aliphatic carbocycles.